The highest BCUT2D eigenvalue weighted by Gasteiger charge is 2.16. The van der Waals surface area contributed by atoms with E-state index in [1.54, 1.807) is 0 Å². The van der Waals surface area contributed by atoms with Gasteiger partial charge in [0.2, 0.25) is 0 Å². The van der Waals surface area contributed by atoms with Crippen molar-refractivity contribution in [2.24, 2.45) is 0 Å². The molecule has 0 saturated carbocycles. The van der Waals surface area contributed by atoms with Gasteiger partial charge in [0, 0.05) is 0 Å². The summed E-state index contributed by atoms with van der Waals surface area (Å²) in [6.07, 6.45) is 0. The highest BCUT2D eigenvalue weighted by atomic mass is 16.5. The summed E-state index contributed by atoms with van der Waals surface area (Å²) in [5, 5.41) is 20.5. The molecule has 1 aromatic carbocycles. The van der Waals surface area contributed by atoms with Crippen molar-refractivity contribution in [3.05, 3.63) is 18.2 Å². The van der Waals surface area contributed by atoms with Crippen LogP contribution in [-0.4, -0.2) is 29.2 Å². The summed E-state index contributed by atoms with van der Waals surface area (Å²) in [6, 6.07) is 3.97. The van der Waals surface area contributed by atoms with Gasteiger partial charge in [-0.05, 0) is 12.1 Å². The van der Waals surface area contributed by atoms with Gasteiger partial charge in [-0.15, -0.1) is 0 Å². The highest BCUT2D eigenvalue weighted by Crippen LogP contribution is 2.32. The van der Waals surface area contributed by atoms with Gasteiger partial charge in [0.05, 0.1) is 12.8 Å². The number of rotatable bonds is 1. The first-order valence-corrected chi connectivity index (χ1v) is 3.96. The second kappa shape index (κ2) is 4.32. The number of phenols is 2. The molecule has 0 aromatic heterocycles. The number of carbonyl (C=O) groups is 2. The number of phenolic OH excluding ortho intramolecular Hbond substituents is 2. The van der Waals surface area contributed by atoms with Crippen molar-refractivity contribution < 1.29 is 24.5 Å². The number of hydrogen-bond acceptors (Lipinski definition) is 5. The molecule has 15 heavy (non-hydrogen) atoms. The van der Waals surface area contributed by atoms with Crippen LogP contribution < -0.4 is 5.32 Å². The lowest BCUT2D eigenvalue weighted by Crippen LogP contribution is -2.23. The maximum Gasteiger partial charge on any atom is 0.396 e. The van der Waals surface area contributed by atoms with E-state index < -0.39 is 23.4 Å². The van der Waals surface area contributed by atoms with Crippen molar-refractivity contribution in [2.75, 3.05) is 12.4 Å². The third kappa shape index (κ3) is 2.37. The summed E-state index contributed by atoms with van der Waals surface area (Å²) in [7, 11) is 1.06. The number of ether oxygens (including phenoxy) is 1. The van der Waals surface area contributed by atoms with Crippen LogP contribution in [0.1, 0.15) is 0 Å². The van der Waals surface area contributed by atoms with Crippen LogP contribution in [-0.2, 0) is 14.3 Å². The van der Waals surface area contributed by atoms with Crippen molar-refractivity contribution >= 4 is 17.6 Å². The van der Waals surface area contributed by atoms with Gasteiger partial charge in [0.15, 0.2) is 11.5 Å². The predicted molar refractivity (Wildman–Crippen MR) is 50.4 cm³/mol. The topological polar surface area (TPSA) is 95.9 Å². The molecule has 0 bridgehead atoms. The molecule has 0 aliphatic heterocycles. The molecule has 1 aromatic rings. The number of benzene rings is 1. The zero-order chi connectivity index (χ0) is 11.4. The maximum atomic E-state index is 11.0. The first kappa shape index (κ1) is 10.8. The quantitative estimate of drug-likeness (QED) is 0.350. The van der Waals surface area contributed by atoms with Gasteiger partial charge in [-0.25, -0.2) is 4.79 Å². The summed E-state index contributed by atoms with van der Waals surface area (Å²) in [5.41, 5.74) is -0.0644. The standard InChI is InChI=1S/C9H9NO5/c1-15-9(14)8(13)10-5-3-2-4-6(11)7(5)12/h2-4,11-12H,1H3,(H,10,13). The average Bonchev–Trinajstić information content (AvgIpc) is 2.23. The molecule has 0 fully saturated rings. The van der Waals surface area contributed by atoms with Gasteiger partial charge in [-0.3, -0.25) is 4.79 Å². The second-order valence-corrected chi connectivity index (χ2v) is 2.62. The smallest absolute Gasteiger partial charge is 0.396 e. The monoisotopic (exact) mass is 211 g/mol. The van der Waals surface area contributed by atoms with E-state index in [1.807, 2.05) is 0 Å². The SMILES string of the molecule is COC(=O)C(=O)Nc1cccc(O)c1O. The van der Waals surface area contributed by atoms with Gasteiger partial charge in [-0.2, -0.15) is 0 Å². The minimum atomic E-state index is -1.09. The van der Waals surface area contributed by atoms with Crippen LogP contribution in [0.5, 0.6) is 11.5 Å². The highest BCUT2D eigenvalue weighted by molar-refractivity contribution is 6.37. The third-order valence-corrected chi connectivity index (χ3v) is 1.63. The lowest BCUT2D eigenvalue weighted by atomic mass is 10.2. The molecule has 0 spiro atoms. The van der Waals surface area contributed by atoms with Gasteiger partial charge in [0.25, 0.3) is 0 Å². The Labute approximate surface area is 85.1 Å². The van der Waals surface area contributed by atoms with Crippen molar-refractivity contribution in [1.29, 1.82) is 0 Å². The van der Waals surface area contributed by atoms with Crippen LogP contribution in [0.3, 0.4) is 0 Å². The average molecular weight is 211 g/mol. The molecule has 80 valence electrons. The summed E-state index contributed by atoms with van der Waals surface area (Å²) in [4.78, 5) is 21.8. The van der Waals surface area contributed by atoms with Gasteiger partial charge in [0.1, 0.15) is 0 Å². The number of para-hydroxylation sites is 1. The van der Waals surface area contributed by atoms with Crippen LogP contribution in [0.25, 0.3) is 0 Å². The number of methoxy groups -OCH3 is 1. The molecular weight excluding hydrogens is 202 g/mol. The van der Waals surface area contributed by atoms with E-state index in [1.165, 1.54) is 18.2 Å². The third-order valence-electron chi connectivity index (χ3n) is 1.63. The molecule has 1 rings (SSSR count). The lowest BCUT2D eigenvalue weighted by molar-refractivity contribution is -0.150. The van der Waals surface area contributed by atoms with E-state index in [4.69, 9.17) is 5.11 Å². The van der Waals surface area contributed by atoms with E-state index in [-0.39, 0.29) is 5.69 Å². The number of esters is 1. The number of amides is 1. The number of carbonyl (C=O) groups excluding carboxylic acids is 2. The van der Waals surface area contributed by atoms with Crippen LogP contribution in [0.15, 0.2) is 18.2 Å². The van der Waals surface area contributed by atoms with Crippen LogP contribution in [0.4, 0.5) is 5.69 Å². The van der Waals surface area contributed by atoms with Crippen molar-refractivity contribution in [3.63, 3.8) is 0 Å². The van der Waals surface area contributed by atoms with Crippen molar-refractivity contribution in [3.8, 4) is 11.5 Å². The Morgan fingerprint density at radius 2 is 2.00 bits per heavy atom. The van der Waals surface area contributed by atoms with E-state index in [0.717, 1.165) is 7.11 Å². The van der Waals surface area contributed by atoms with Crippen LogP contribution in [0.2, 0.25) is 0 Å². The molecular formula is C9H9NO5. The predicted octanol–water partition coefficient (Wildman–Crippen LogP) is 0.209. The maximum absolute atomic E-state index is 11.0. The minimum absolute atomic E-state index is 0.0644. The molecule has 0 heterocycles. The van der Waals surface area contributed by atoms with Crippen LogP contribution in [0, 0.1) is 0 Å². The fourth-order valence-electron chi connectivity index (χ4n) is 0.898. The Bertz CT molecular complexity index is 401. The Hall–Kier alpha value is -2.24. The van der Waals surface area contributed by atoms with Crippen molar-refractivity contribution in [1.82, 2.24) is 0 Å². The molecule has 6 nitrogen and oxygen atoms in total. The van der Waals surface area contributed by atoms with E-state index in [2.05, 4.69) is 10.1 Å². The molecule has 3 N–H and O–H groups in total. The zero-order valence-corrected chi connectivity index (χ0v) is 7.85. The van der Waals surface area contributed by atoms with E-state index in [9.17, 15) is 14.7 Å². The van der Waals surface area contributed by atoms with E-state index >= 15 is 0 Å². The minimum Gasteiger partial charge on any atom is -0.504 e. The van der Waals surface area contributed by atoms with E-state index in [0.29, 0.717) is 0 Å². The van der Waals surface area contributed by atoms with Gasteiger partial charge < -0.3 is 20.3 Å². The summed E-state index contributed by atoms with van der Waals surface area (Å²) in [6.45, 7) is 0. The zero-order valence-electron chi connectivity index (χ0n) is 7.85. The summed E-state index contributed by atoms with van der Waals surface area (Å²) < 4.78 is 4.16. The number of nitrogens with one attached hydrogen (secondary N) is 1. The molecule has 0 aliphatic carbocycles. The summed E-state index contributed by atoms with van der Waals surface area (Å²) in [5.74, 6) is -3.01. The summed E-state index contributed by atoms with van der Waals surface area (Å²) >= 11 is 0. The van der Waals surface area contributed by atoms with Gasteiger partial charge in [-0.1, -0.05) is 6.07 Å². The number of hydrogen-bond donors (Lipinski definition) is 3. The molecule has 0 aliphatic rings. The first-order valence-electron chi connectivity index (χ1n) is 3.96. The number of aromatic hydroxyl groups is 2. The first-order chi connectivity index (χ1) is 7.06. The largest absolute Gasteiger partial charge is 0.504 e. The molecule has 0 unspecified atom stereocenters. The fraction of sp³-hybridized carbons (Fsp3) is 0.111. The van der Waals surface area contributed by atoms with Crippen LogP contribution >= 0.6 is 0 Å². The Kier molecular flexibility index (Phi) is 3.12. The molecule has 0 radical (unpaired) electrons. The van der Waals surface area contributed by atoms with Gasteiger partial charge >= 0.3 is 11.9 Å². The lowest BCUT2D eigenvalue weighted by Gasteiger charge is -2.06. The molecule has 6 heteroatoms. The number of anilines is 1. The Balaban J connectivity index is 2.86. The fourth-order valence-corrected chi connectivity index (χ4v) is 0.898. The molecule has 0 atom stereocenters. The van der Waals surface area contributed by atoms with Crippen molar-refractivity contribution in [2.45, 2.75) is 0 Å². The Morgan fingerprint density at radius 1 is 1.33 bits per heavy atom. The normalized spacial score (nSPS) is 9.40. The Morgan fingerprint density at radius 3 is 2.60 bits per heavy atom. The second-order valence-electron chi connectivity index (χ2n) is 2.62. The molecule has 1 amide bonds. The molecule has 0 saturated heterocycles.